The number of carbonyl (C=O) groups excluding carboxylic acids is 5. The third kappa shape index (κ3) is 10.2. The van der Waals surface area contributed by atoms with Crippen LogP contribution < -0.4 is 21.3 Å². The Hall–Kier alpha value is -3.80. The summed E-state index contributed by atoms with van der Waals surface area (Å²) in [6.07, 6.45) is 3.12. The lowest BCUT2D eigenvalue weighted by atomic mass is 10.0. The molecule has 12 nitrogen and oxygen atoms in total. The van der Waals surface area contributed by atoms with Crippen LogP contribution in [0.2, 0.25) is 0 Å². The van der Waals surface area contributed by atoms with E-state index in [2.05, 4.69) is 16.0 Å². The number of likely N-dealkylation sites (tertiary alicyclic amines) is 1. The number of carboxylic acids is 1. The number of quaternary nitrogens is 1. The van der Waals surface area contributed by atoms with Crippen LogP contribution in [-0.4, -0.2) is 88.7 Å². The number of aliphatic carboxylic acids is 1. The van der Waals surface area contributed by atoms with Crippen LogP contribution in [0.15, 0.2) is 30.3 Å². The fourth-order valence-electron chi connectivity index (χ4n) is 5.69. The van der Waals surface area contributed by atoms with Gasteiger partial charge in [0.15, 0.2) is 6.04 Å². The fraction of sp³-hybridized carbons (Fsp3) is 0.613. The molecule has 3 rings (SSSR count). The molecule has 236 valence electrons. The summed E-state index contributed by atoms with van der Waals surface area (Å²) >= 11 is 0. The van der Waals surface area contributed by atoms with E-state index in [-0.39, 0.29) is 42.9 Å². The van der Waals surface area contributed by atoms with Crippen LogP contribution in [0.1, 0.15) is 71.3 Å². The predicted molar refractivity (Wildman–Crippen MR) is 157 cm³/mol. The number of ketones is 1. The summed E-state index contributed by atoms with van der Waals surface area (Å²) in [5, 5.41) is 19.9. The summed E-state index contributed by atoms with van der Waals surface area (Å²) < 4.78 is 0. The Balaban J connectivity index is 1.72. The van der Waals surface area contributed by atoms with E-state index in [1.54, 1.807) is 24.3 Å². The Kier molecular flexibility index (Phi) is 12.7. The Labute approximate surface area is 252 Å². The van der Waals surface area contributed by atoms with Crippen LogP contribution in [0.3, 0.4) is 0 Å². The molecule has 0 saturated carbocycles. The second kappa shape index (κ2) is 16.2. The van der Waals surface area contributed by atoms with Crippen molar-refractivity contribution in [3.63, 3.8) is 0 Å². The smallest absolute Gasteiger partial charge is 0.326 e. The molecule has 0 bridgehead atoms. The molecule has 12 heteroatoms. The first-order chi connectivity index (χ1) is 20.5. The number of rotatable bonds is 15. The zero-order valence-corrected chi connectivity index (χ0v) is 25.3. The maximum Gasteiger partial charge on any atom is 0.326 e. The van der Waals surface area contributed by atoms with Crippen LogP contribution in [0.25, 0.3) is 0 Å². The second-order valence-corrected chi connectivity index (χ2v) is 12.0. The number of Topliss-reactive ketones (excluding diaryl/α,β-unsaturated/α-hetero) is 1. The number of carboxylic acid groups (broad SMARTS) is 1. The highest BCUT2D eigenvalue weighted by Gasteiger charge is 2.40. The topological polar surface area (TPSA) is 179 Å². The van der Waals surface area contributed by atoms with Crippen LogP contribution >= 0.6 is 0 Å². The summed E-state index contributed by atoms with van der Waals surface area (Å²) in [5.41, 5.74) is 0.756. The van der Waals surface area contributed by atoms with Crippen molar-refractivity contribution < 1.29 is 39.2 Å². The van der Waals surface area contributed by atoms with Crippen molar-refractivity contribution in [1.82, 2.24) is 20.9 Å². The molecule has 2 fully saturated rings. The van der Waals surface area contributed by atoms with E-state index >= 15 is 0 Å². The molecular weight excluding hydrogens is 554 g/mol. The molecule has 1 aromatic carbocycles. The molecule has 0 aliphatic carbocycles. The van der Waals surface area contributed by atoms with Crippen LogP contribution in [0, 0.1) is 5.92 Å². The summed E-state index contributed by atoms with van der Waals surface area (Å²) in [6, 6.07) is 4.69. The van der Waals surface area contributed by atoms with E-state index in [9.17, 15) is 33.9 Å². The summed E-state index contributed by atoms with van der Waals surface area (Å²) in [4.78, 5) is 78.5. The number of benzene rings is 1. The Morgan fingerprint density at radius 2 is 1.63 bits per heavy atom. The molecule has 2 aliphatic rings. The lowest BCUT2D eigenvalue weighted by molar-refractivity contribution is -0.657. The number of hydrogen-bond acceptors (Lipinski definition) is 6. The minimum absolute atomic E-state index is 0.0183. The van der Waals surface area contributed by atoms with Crippen molar-refractivity contribution in [3.8, 4) is 0 Å². The average molecular weight is 601 g/mol. The lowest BCUT2D eigenvalue weighted by Crippen LogP contribution is -2.89. The molecule has 4 amide bonds. The number of hydrogen-bond donors (Lipinski definition) is 5. The fourth-order valence-corrected chi connectivity index (χ4v) is 5.69. The minimum atomic E-state index is -1.17. The standard InChI is InChI=1S/C31H45N5O7/c1-19(2)17-24(34-28(39)23(14-13-20(3)37)33-27(38)22-11-7-15-32-22)30(41)36-16-8-12-26(36)29(40)35-25(31(42)43)18-21-9-5-4-6-10-21/h4-6,9-10,19,22-26,32H,7-8,11-18H2,1-3H3,(H,33,38)(H,34,39)(H,35,40)(H,42,43)/p+1/t22-,23-,24-,25-,26-/m0/s1. The van der Waals surface area contributed by atoms with Gasteiger partial charge >= 0.3 is 5.97 Å². The van der Waals surface area contributed by atoms with Crippen molar-refractivity contribution in [1.29, 1.82) is 0 Å². The molecule has 0 aromatic heterocycles. The van der Waals surface area contributed by atoms with Crippen molar-refractivity contribution >= 4 is 35.4 Å². The number of nitrogens with two attached hydrogens (primary N) is 1. The molecule has 0 spiro atoms. The molecule has 5 atom stereocenters. The van der Waals surface area contributed by atoms with E-state index in [1.165, 1.54) is 11.8 Å². The van der Waals surface area contributed by atoms with Gasteiger partial charge in [0.1, 0.15) is 30.0 Å². The number of amides is 4. The normalized spacial score (nSPS) is 20.2. The van der Waals surface area contributed by atoms with Gasteiger partial charge in [-0.05, 0) is 44.1 Å². The van der Waals surface area contributed by atoms with E-state index in [4.69, 9.17) is 0 Å². The van der Waals surface area contributed by atoms with E-state index in [0.29, 0.717) is 32.2 Å². The first kappa shape index (κ1) is 33.7. The third-order valence-electron chi connectivity index (χ3n) is 7.98. The van der Waals surface area contributed by atoms with E-state index in [1.807, 2.05) is 25.2 Å². The second-order valence-electron chi connectivity index (χ2n) is 12.0. The number of carbonyl (C=O) groups is 6. The molecular formula is C31H46N5O7+. The molecule has 6 N–H and O–H groups in total. The Morgan fingerprint density at radius 3 is 2.23 bits per heavy atom. The molecule has 43 heavy (non-hydrogen) atoms. The molecule has 2 aliphatic heterocycles. The van der Waals surface area contributed by atoms with Gasteiger partial charge in [-0.2, -0.15) is 0 Å². The van der Waals surface area contributed by atoms with Crippen molar-refractivity contribution in [3.05, 3.63) is 35.9 Å². The SMILES string of the molecule is CC(=O)CC[C@H](NC(=O)[C@@H]1CCC[NH2+]1)C(=O)N[C@@H](CC(C)C)C(=O)N1CCC[C@H]1C(=O)N[C@@H](Cc1ccccc1)C(=O)O. The van der Waals surface area contributed by atoms with E-state index in [0.717, 1.165) is 18.5 Å². The third-order valence-corrected chi connectivity index (χ3v) is 7.98. The average Bonchev–Trinajstić information content (AvgIpc) is 3.67. The molecule has 0 radical (unpaired) electrons. The van der Waals surface area contributed by atoms with Crippen LogP contribution in [0.4, 0.5) is 0 Å². The van der Waals surface area contributed by atoms with Crippen LogP contribution in [0.5, 0.6) is 0 Å². The summed E-state index contributed by atoms with van der Waals surface area (Å²) in [6.45, 7) is 6.36. The quantitative estimate of drug-likeness (QED) is 0.187. The summed E-state index contributed by atoms with van der Waals surface area (Å²) in [5.74, 6) is -3.09. The minimum Gasteiger partial charge on any atom is -0.480 e. The van der Waals surface area contributed by atoms with Gasteiger partial charge in [-0.15, -0.1) is 0 Å². The number of nitrogens with zero attached hydrogens (tertiary/aromatic N) is 1. The van der Waals surface area contributed by atoms with Crippen LogP contribution in [-0.2, 0) is 35.2 Å². The zero-order chi connectivity index (χ0) is 31.5. The summed E-state index contributed by atoms with van der Waals surface area (Å²) in [7, 11) is 0. The van der Waals surface area contributed by atoms with Gasteiger partial charge in [0.05, 0.1) is 6.54 Å². The predicted octanol–water partition coefficient (Wildman–Crippen LogP) is -0.0998. The molecule has 2 heterocycles. The Bertz CT molecular complexity index is 1150. The Morgan fingerprint density at radius 1 is 0.930 bits per heavy atom. The monoisotopic (exact) mass is 600 g/mol. The lowest BCUT2D eigenvalue weighted by Gasteiger charge is -2.31. The first-order valence-electron chi connectivity index (χ1n) is 15.3. The molecule has 2 saturated heterocycles. The van der Waals surface area contributed by atoms with E-state index < -0.39 is 47.9 Å². The van der Waals surface area contributed by atoms with Crippen molar-refractivity contribution in [2.75, 3.05) is 13.1 Å². The largest absolute Gasteiger partial charge is 0.480 e. The molecule has 1 aromatic rings. The van der Waals surface area contributed by atoms with Gasteiger partial charge in [-0.3, -0.25) is 19.2 Å². The van der Waals surface area contributed by atoms with Gasteiger partial charge in [0, 0.05) is 32.2 Å². The highest BCUT2D eigenvalue weighted by atomic mass is 16.4. The molecule has 0 unspecified atom stereocenters. The number of nitrogens with one attached hydrogen (secondary N) is 3. The first-order valence-corrected chi connectivity index (χ1v) is 15.3. The van der Waals surface area contributed by atoms with Gasteiger partial charge in [-0.1, -0.05) is 44.2 Å². The van der Waals surface area contributed by atoms with Gasteiger partial charge in [-0.25, -0.2) is 4.79 Å². The highest BCUT2D eigenvalue weighted by Crippen LogP contribution is 2.21. The highest BCUT2D eigenvalue weighted by molar-refractivity contribution is 5.96. The van der Waals surface area contributed by atoms with Gasteiger partial charge in [0.25, 0.3) is 5.91 Å². The van der Waals surface area contributed by atoms with Gasteiger partial charge in [0.2, 0.25) is 17.7 Å². The maximum absolute atomic E-state index is 13.8. The van der Waals surface area contributed by atoms with Gasteiger partial charge < -0.3 is 36.1 Å². The zero-order valence-electron chi connectivity index (χ0n) is 25.3. The van der Waals surface area contributed by atoms with Crippen molar-refractivity contribution in [2.24, 2.45) is 5.92 Å². The van der Waals surface area contributed by atoms with Crippen molar-refractivity contribution in [2.45, 2.75) is 102 Å². The maximum atomic E-state index is 13.8.